The van der Waals surface area contributed by atoms with E-state index in [2.05, 4.69) is 6.92 Å². The van der Waals surface area contributed by atoms with Gasteiger partial charge in [-0.2, -0.15) is 0 Å². The molecular weight excluding hydrogens is 236 g/mol. The molecule has 1 aromatic rings. The second kappa shape index (κ2) is 6.84. The van der Waals surface area contributed by atoms with Crippen LogP contribution in [0.5, 0.6) is 5.75 Å². The number of hydrogen-bond acceptors (Lipinski definition) is 3. The molecule has 0 aliphatic heterocycles. The molecule has 2 unspecified atom stereocenters. The standard InChI is InChI=1S/C13H21ClN2O/c1-3-17-12-5-4-10(8-11(12)14)13(16)9(2)6-7-15/h4-5,8-9,13H,3,6-7,15-16H2,1-2H3. The number of nitrogens with two attached hydrogens (primary N) is 2. The molecule has 0 aliphatic rings. The van der Waals surface area contributed by atoms with Gasteiger partial charge in [-0.15, -0.1) is 0 Å². The van der Waals surface area contributed by atoms with E-state index in [1.54, 1.807) is 0 Å². The summed E-state index contributed by atoms with van der Waals surface area (Å²) >= 11 is 6.13. The van der Waals surface area contributed by atoms with Crippen LogP contribution in [-0.2, 0) is 0 Å². The minimum absolute atomic E-state index is 0.0354. The lowest BCUT2D eigenvalue weighted by atomic mass is 9.93. The smallest absolute Gasteiger partial charge is 0.137 e. The zero-order valence-electron chi connectivity index (χ0n) is 10.4. The molecule has 0 saturated carbocycles. The van der Waals surface area contributed by atoms with Crippen LogP contribution in [0, 0.1) is 5.92 Å². The first-order valence-electron chi connectivity index (χ1n) is 5.98. The molecule has 0 fully saturated rings. The first-order chi connectivity index (χ1) is 8.10. The minimum Gasteiger partial charge on any atom is -0.492 e. The minimum atomic E-state index is -0.0354. The Morgan fingerprint density at radius 2 is 2.12 bits per heavy atom. The molecule has 17 heavy (non-hydrogen) atoms. The molecule has 0 heterocycles. The molecular formula is C13H21ClN2O. The monoisotopic (exact) mass is 256 g/mol. The van der Waals surface area contributed by atoms with Crippen molar-refractivity contribution in [3.05, 3.63) is 28.8 Å². The molecule has 0 aromatic heterocycles. The van der Waals surface area contributed by atoms with E-state index in [1.807, 2.05) is 25.1 Å². The highest BCUT2D eigenvalue weighted by Crippen LogP contribution is 2.30. The maximum absolute atomic E-state index is 6.16. The Hall–Kier alpha value is -0.770. The Morgan fingerprint density at radius 3 is 2.65 bits per heavy atom. The Balaban J connectivity index is 2.81. The summed E-state index contributed by atoms with van der Waals surface area (Å²) in [4.78, 5) is 0. The highest BCUT2D eigenvalue weighted by Gasteiger charge is 2.15. The number of halogens is 1. The summed E-state index contributed by atoms with van der Waals surface area (Å²) in [6, 6.07) is 5.68. The van der Waals surface area contributed by atoms with E-state index in [-0.39, 0.29) is 6.04 Å². The van der Waals surface area contributed by atoms with E-state index in [4.69, 9.17) is 27.8 Å². The second-order valence-corrected chi connectivity index (χ2v) is 4.61. The van der Waals surface area contributed by atoms with Crippen LogP contribution >= 0.6 is 11.6 Å². The number of hydrogen-bond donors (Lipinski definition) is 2. The number of rotatable bonds is 6. The van der Waals surface area contributed by atoms with Crippen molar-refractivity contribution in [2.24, 2.45) is 17.4 Å². The van der Waals surface area contributed by atoms with Crippen LogP contribution < -0.4 is 16.2 Å². The van der Waals surface area contributed by atoms with Crippen molar-refractivity contribution in [1.82, 2.24) is 0 Å². The lowest BCUT2D eigenvalue weighted by Crippen LogP contribution is -2.21. The summed E-state index contributed by atoms with van der Waals surface area (Å²) in [5.41, 5.74) is 12.7. The fraction of sp³-hybridized carbons (Fsp3) is 0.538. The van der Waals surface area contributed by atoms with Gasteiger partial charge < -0.3 is 16.2 Å². The van der Waals surface area contributed by atoms with Crippen LogP contribution in [0.15, 0.2) is 18.2 Å². The van der Waals surface area contributed by atoms with Gasteiger partial charge in [0.05, 0.1) is 11.6 Å². The van der Waals surface area contributed by atoms with Gasteiger partial charge in [-0.3, -0.25) is 0 Å². The van der Waals surface area contributed by atoms with Crippen LogP contribution in [0.4, 0.5) is 0 Å². The molecule has 4 N–H and O–H groups in total. The molecule has 0 saturated heterocycles. The maximum atomic E-state index is 6.16. The molecule has 96 valence electrons. The van der Waals surface area contributed by atoms with Crippen LogP contribution in [0.3, 0.4) is 0 Å². The molecule has 0 radical (unpaired) electrons. The molecule has 3 nitrogen and oxygen atoms in total. The molecule has 1 aromatic carbocycles. The van der Waals surface area contributed by atoms with Gasteiger partial charge in [0.15, 0.2) is 0 Å². The third kappa shape index (κ3) is 3.87. The van der Waals surface area contributed by atoms with E-state index in [0.717, 1.165) is 12.0 Å². The summed E-state index contributed by atoms with van der Waals surface area (Å²) in [5, 5.41) is 0.611. The molecule has 0 bridgehead atoms. The second-order valence-electron chi connectivity index (χ2n) is 4.20. The highest BCUT2D eigenvalue weighted by molar-refractivity contribution is 6.32. The quantitative estimate of drug-likeness (QED) is 0.823. The van der Waals surface area contributed by atoms with Gasteiger partial charge in [0.1, 0.15) is 5.75 Å². The van der Waals surface area contributed by atoms with Gasteiger partial charge in [0.2, 0.25) is 0 Å². The van der Waals surface area contributed by atoms with E-state index in [0.29, 0.717) is 29.8 Å². The summed E-state index contributed by atoms with van der Waals surface area (Å²) in [7, 11) is 0. The number of ether oxygens (including phenoxy) is 1. The zero-order chi connectivity index (χ0) is 12.8. The van der Waals surface area contributed by atoms with E-state index in [9.17, 15) is 0 Å². The fourth-order valence-corrected chi connectivity index (χ4v) is 2.01. The summed E-state index contributed by atoms with van der Waals surface area (Å²) < 4.78 is 5.39. The van der Waals surface area contributed by atoms with Crippen LogP contribution in [0.2, 0.25) is 5.02 Å². The molecule has 4 heteroatoms. The first kappa shape index (κ1) is 14.3. The van der Waals surface area contributed by atoms with E-state index < -0.39 is 0 Å². The molecule has 2 atom stereocenters. The Labute approximate surface area is 108 Å². The topological polar surface area (TPSA) is 61.3 Å². The molecule has 0 aliphatic carbocycles. The Kier molecular flexibility index (Phi) is 5.75. The van der Waals surface area contributed by atoms with Crippen molar-refractivity contribution in [2.45, 2.75) is 26.3 Å². The lowest BCUT2D eigenvalue weighted by molar-refractivity contribution is 0.340. The zero-order valence-corrected chi connectivity index (χ0v) is 11.2. The lowest BCUT2D eigenvalue weighted by Gasteiger charge is -2.20. The van der Waals surface area contributed by atoms with Crippen LogP contribution in [0.25, 0.3) is 0 Å². The van der Waals surface area contributed by atoms with Gasteiger partial charge in [0.25, 0.3) is 0 Å². The summed E-state index contributed by atoms with van der Waals surface area (Å²) in [6.45, 7) is 5.29. The average molecular weight is 257 g/mol. The van der Waals surface area contributed by atoms with Crippen molar-refractivity contribution in [1.29, 1.82) is 0 Å². The van der Waals surface area contributed by atoms with Crippen molar-refractivity contribution in [3.63, 3.8) is 0 Å². The van der Waals surface area contributed by atoms with Crippen molar-refractivity contribution < 1.29 is 4.74 Å². The molecule has 0 amide bonds. The summed E-state index contributed by atoms with van der Waals surface area (Å²) in [5.74, 6) is 1.05. The van der Waals surface area contributed by atoms with Gasteiger partial charge in [-0.05, 0) is 43.5 Å². The summed E-state index contributed by atoms with van der Waals surface area (Å²) in [6.07, 6.45) is 0.909. The fourth-order valence-electron chi connectivity index (χ4n) is 1.77. The third-order valence-corrected chi connectivity index (χ3v) is 3.17. The predicted octanol–water partition coefficient (Wildman–Crippen LogP) is 2.72. The van der Waals surface area contributed by atoms with Crippen molar-refractivity contribution >= 4 is 11.6 Å². The van der Waals surface area contributed by atoms with E-state index in [1.165, 1.54) is 0 Å². The highest BCUT2D eigenvalue weighted by atomic mass is 35.5. The van der Waals surface area contributed by atoms with Gasteiger partial charge in [0, 0.05) is 6.04 Å². The largest absolute Gasteiger partial charge is 0.492 e. The Morgan fingerprint density at radius 1 is 1.41 bits per heavy atom. The maximum Gasteiger partial charge on any atom is 0.137 e. The third-order valence-electron chi connectivity index (χ3n) is 2.88. The Bertz CT molecular complexity index is 357. The van der Waals surface area contributed by atoms with Gasteiger partial charge in [-0.25, -0.2) is 0 Å². The van der Waals surface area contributed by atoms with Crippen molar-refractivity contribution in [3.8, 4) is 5.75 Å². The average Bonchev–Trinajstić information content (AvgIpc) is 2.31. The SMILES string of the molecule is CCOc1ccc(C(N)C(C)CCN)cc1Cl. The first-order valence-corrected chi connectivity index (χ1v) is 6.35. The van der Waals surface area contributed by atoms with Crippen LogP contribution in [-0.4, -0.2) is 13.2 Å². The van der Waals surface area contributed by atoms with Gasteiger partial charge in [-0.1, -0.05) is 24.6 Å². The predicted molar refractivity (Wildman–Crippen MR) is 72.4 cm³/mol. The molecule has 1 rings (SSSR count). The molecule has 0 spiro atoms. The van der Waals surface area contributed by atoms with E-state index >= 15 is 0 Å². The van der Waals surface area contributed by atoms with Crippen LogP contribution in [0.1, 0.15) is 31.9 Å². The number of benzene rings is 1. The van der Waals surface area contributed by atoms with Gasteiger partial charge >= 0.3 is 0 Å². The normalized spacial score (nSPS) is 14.4. The van der Waals surface area contributed by atoms with Crippen molar-refractivity contribution in [2.75, 3.05) is 13.2 Å².